The second kappa shape index (κ2) is 6.61. The average Bonchev–Trinajstić information content (AvgIpc) is 2.66. The van der Waals surface area contributed by atoms with Gasteiger partial charge in [-0.1, -0.05) is 30.3 Å². The number of benzene rings is 2. The zero-order chi connectivity index (χ0) is 18.3. The zero-order valence-electron chi connectivity index (χ0n) is 15.5. The number of rotatable bonds is 3. The summed E-state index contributed by atoms with van der Waals surface area (Å²) in [5.74, 6) is 0.882. The Labute approximate surface area is 153 Å². The lowest BCUT2D eigenvalue weighted by molar-refractivity contribution is -0.932. The fourth-order valence-electron chi connectivity index (χ4n) is 3.74. The third-order valence-corrected chi connectivity index (χ3v) is 5.47. The molecule has 26 heavy (non-hydrogen) atoms. The number of aryl methyl sites for hydroxylation is 2. The van der Waals surface area contributed by atoms with Crippen molar-refractivity contribution in [2.75, 3.05) is 13.3 Å². The van der Waals surface area contributed by atoms with E-state index in [0.29, 0.717) is 17.9 Å². The summed E-state index contributed by atoms with van der Waals surface area (Å²) in [6.07, 6.45) is 1.04. The minimum absolute atomic E-state index is 0.260. The molecule has 0 bridgehead atoms. The topological polar surface area (TPSA) is 43.9 Å². The van der Waals surface area contributed by atoms with Crippen LogP contribution in [0, 0.1) is 20.8 Å². The second-order valence-corrected chi connectivity index (χ2v) is 7.21. The summed E-state index contributed by atoms with van der Waals surface area (Å²) < 4.78 is 11.6. The van der Waals surface area contributed by atoms with E-state index in [1.165, 1.54) is 16.0 Å². The minimum Gasteiger partial charge on any atom is -0.444 e. The van der Waals surface area contributed by atoms with Crippen molar-refractivity contribution >= 4 is 11.0 Å². The van der Waals surface area contributed by atoms with Gasteiger partial charge in [0.2, 0.25) is 6.73 Å². The third-order valence-electron chi connectivity index (χ3n) is 5.47. The van der Waals surface area contributed by atoms with Crippen LogP contribution in [0.15, 0.2) is 45.6 Å². The summed E-state index contributed by atoms with van der Waals surface area (Å²) in [5.41, 5.74) is 5.56. The predicted octanol–water partition coefficient (Wildman–Crippen LogP) is 2.70. The van der Waals surface area contributed by atoms with Gasteiger partial charge in [0.1, 0.15) is 17.9 Å². The Morgan fingerprint density at radius 1 is 1.04 bits per heavy atom. The minimum atomic E-state index is -0.260. The molecule has 0 fully saturated rings. The van der Waals surface area contributed by atoms with Crippen LogP contribution in [0.25, 0.3) is 11.0 Å². The summed E-state index contributed by atoms with van der Waals surface area (Å²) in [5, 5.41) is 1.02. The van der Waals surface area contributed by atoms with E-state index < -0.39 is 0 Å². The smallest absolute Gasteiger partial charge is 0.339 e. The summed E-state index contributed by atoms with van der Waals surface area (Å²) in [6, 6.07) is 12.7. The maximum atomic E-state index is 12.0. The van der Waals surface area contributed by atoms with Crippen LogP contribution in [0.3, 0.4) is 0 Å². The van der Waals surface area contributed by atoms with Crippen molar-refractivity contribution in [1.29, 1.82) is 0 Å². The van der Waals surface area contributed by atoms with E-state index >= 15 is 0 Å². The Bertz CT molecular complexity index is 1020. The van der Waals surface area contributed by atoms with E-state index in [1.54, 1.807) is 0 Å². The highest BCUT2D eigenvalue weighted by molar-refractivity contribution is 5.86. The molecule has 1 N–H and O–H groups in total. The van der Waals surface area contributed by atoms with Crippen molar-refractivity contribution in [3.63, 3.8) is 0 Å². The average molecular weight is 350 g/mol. The lowest BCUT2D eigenvalue weighted by Crippen LogP contribution is -3.12. The molecule has 2 heterocycles. The molecule has 1 atom stereocenters. The molecule has 1 aliphatic rings. The molecule has 0 saturated heterocycles. The molecule has 2 aromatic carbocycles. The van der Waals surface area contributed by atoms with Crippen LogP contribution < -0.4 is 15.3 Å². The van der Waals surface area contributed by atoms with Crippen molar-refractivity contribution in [2.24, 2.45) is 0 Å². The van der Waals surface area contributed by atoms with Gasteiger partial charge in [0.05, 0.1) is 6.54 Å². The molecule has 0 spiro atoms. The molecule has 4 nitrogen and oxygen atoms in total. The predicted molar refractivity (Wildman–Crippen MR) is 102 cm³/mol. The molecule has 0 saturated carbocycles. The Kier molecular flexibility index (Phi) is 4.29. The number of hydrogen-bond donors (Lipinski definition) is 1. The first-order valence-corrected chi connectivity index (χ1v) is 9.11. The molecule has 0 aliphatic carbocycles. The largest absolute Gasteiger partial charge is 0.444 e. The van der Waals surface area contributed by atoms with Gasteiger partial charge < -0.3 is 9.15 Å². The van der Waals surface area contributed by atoms with E-state index in [-0.39, 0.29) is 5.63 Å². The van der Waals surface area contributed by atoms with Gasteiger partial charge in [-0.2, -0.15) is 0 Å². The van der Waals surface area contributed by atoms with Gasteiger partial charge in [0.25, 0.3) is 0 Å². The summed E-state index contributed by atoms with van der Waals surface area (Å²) in [7, 11) is 0. The molecule has 1 aromatic heterocycles. The first kappa shape index (κ1) is 16.9. The molecule has 3 aromatic rings. The highest BCUT2D eigenvalue weighted by atomic mass is 16.5. The lowest BCUT2D eigenvalue weighted by Gasteiger charge is -2.27. The fraction of sp³-hybridized carbons (Fsp3) is 0.318. The van der Waals surface area contributed by atoms with E-state index in [9.17, 15) is 4.79 Å². The van der Waals surface area contributed by atoms with Crippen LogP contribution in [-0.2, 0) is 13.0 Å². The number of fused-ring (bicyclic) bond motifs is 2. The first-order valence-electron chi connectivity index (χ1n) is 9.11. The molecule has 1 aliphatic heterocycles. The summed E-state index contributed by atoms with van der Waals surface area (Å²) in [4.78, 5) is 13.4. The van der Waals surface area contributed by atoms with Crippen molar-refractivity contribution < 1.29 is 14.1 Å². The van der Waals surface area contributed by atoms with Crippen LogP contribution in [-0.4, -0.2) is 13.3 Å². The molecule has 4 rings (SSSR count). The molecular formula is C22H24NO3+. The Morgan fingerprint density at radius 2 is 1.81 bits per heavy atom. The number of quaternary nitrogens is 1. The number of nitrogens with one attached hydrogen (secondary N) is 1. The Morgan fingerprint density at radius 3 is 2.58 bits per heavy atom. The van der Waals surface area contributed by atoms with Crippen molar-refractivity contribution in [1.82, 2.24) is 0 Å². The van der Waals surface area contributed by atoms with Crippen LogP contribution in [0.4, 0.5) is 0 Å². The van der Waals surface area contributed by atoms with Crippen LogP contribution in [0.1, 0.15) is 27.8 Å². The van der Waals surface area contributed by atoms with Crippen molar-refractivity contribution in [3.05, 3.63) is 74.6 Å². The van der Waals surface area contributed by atoms with Crippen molar-refractivity contribution in [2.45, 2.75) is 33.7 Å². The molecule has 1 unspecified atom stereocenters. The highest BCUT2D eigenvalue weighted by Gasteiger charge is 2.25. The van der Waals surface area contributed by atoms with E-state index in [1.807, 2.05) is 26.8 Å². The van der Waals surface area contributed by atoms with Gasteiger partial charge in [0, 0.05) is 28.5 Å². The third kappa shape index (κ3) is 2.90. The molecule has 134 valence electrons. The first-order chi connectivity index (χ1) is 12.5. The highest BCUT2D eigenvalue weighted by Crippen LogP contribution is 2.33. The standard InChI is InChI=1S/C22H23NO3/c1-14-15(2)22(24)26-21-16(3)20-18(11-19(14)21)12-23(13-25-20)10-9-17-7-5-4-6-8-17/h4-8,11H,9-10,12-13H2,1-3H3/p+1. The summed E-state index contributed by atoms with van der Waals surface area (Å²) in [6.45, 7) is 8.39. The van der Waals surface area contributed by atoms with Gasteiger partial charge in [-0.25, -0.2) is 4.79 Å². The SMILES string of the molecule is Cc1c(C)c2cc3c(c(C)c2oc1=O)OC[NH+](CCc1ccccc1)C3. The Hall–Kier alpha value is -2.59. The van der Waals surface area contributed by atoms with Gasteiger partial charge >= 0.3 is 5.63 Å². The maximum Gasteiger partial charge on any atom is 0.339 e. The van der Waals surface area contributed by atoms with Gasteiger partial charge in [-0.05, 0) is 38.0 Å². The molecule has 0 radical (unpaired) electrons. The quantitative estimate of drug-likeness (QED) is 0.739. The van der Waals surface area contributed by atoms with Crippen LogP contribution >= 0.6 is 0 Å². The molecular weight excluding hydrogens is 326 g/mol. The van der Waals surface area contributed by atoms with Crippen LogP contribution in [0.5, 0.6) is 5.75 Å². The van der Waals surface area contributed by atoms with Gasteiger partial charge in [0.15, 0.2) is 0 Å². The van der Waals surface area contributed by atoms with Gasteiger partial charge in [-0.3, -0.25) is 4.90 Å². The fourth-order valence-corrected chi connectivity index (χ4v) is 3.74. The van der Waals surface area contributed by atoms with Gasteiger partial charge in [-0.15, -0.1) is 0 Å². The number of ether oxygens (including phenoxy) is 1. The van der Waals surface area contributed by atoms with E-state index in [2.05, 4.69) is 30.3 Å². The normalized spacial score (nSPS) is 16.3. The lowest BCUT2D eigenvalue weighted by atomic mass is 9.99. The second-order valence-electron chi connectivity index (χ2n) is 7.21. The maximum absolute atomic E-state index is 12.0. The Balaban J connectivity index is 1.64. The van der Waals surface area contributed by atoms with E-state index in [4.69, 9.17) is 9.15 Å². The molecule has 4 heteroatoms. The molecule has 0 amide bonds. The monoisotopic (exact) mass is 350 g/mol. The number of hydrogen-bond acceptors (Lipinski definition) is 3. The zero-order valence-corrected chi connectivity index (χ0v) is 15.5. The van der Waals surface area contributed by atoms with Crippen molar-refractivity contribution in [3.8, 4) is 5.75 Å². The van der Waals surface area contributed by atoms with E-state index in [0.717, 1.165) is 41.8 Å². The summed E-state index contributed by atoms with van der Waals surface area (Å²) >= 11 is 0. The van der Waals surface area contributed by atoms with Crippen LogP contribution in [0.2, 0.25) is 0 Å².